The molecular weight excluding hydrogens is 232 g/mol. The minimum Gasteiger partial charge on any atom is -0.311 e. The lowest BCUT2D eigenvalue weighted by atomic mass is 9.81. The van der Waals surface area contributed by atoms with Crippen molar-refractivity contribution in [3.8, 4) is 0 Å². The molecule has 3 aliphatic rings. The van der Waals surface area contributed by atoms with Crippen LogP contribution in [0.3, 0.4) is 0 Å². The highest BCUT2D eigenvalue weighted by atomic mass is 15.3. The molecule has 3 rings (SSSR count). The Morgan fingerprint density at radius 1 is 0.895 bits per heavy atom. The summed E-state index contributed by atoms with van der Waals surface area (Å²) < 4.78 is 0. The van der Waals surface area contributed by atoms with Crippen LogP contribution in [0.1, 0.15) is 71.6 Å². The number of nitrogens with zero attached hydrogens (tertiary/aromatic N) is 1. The lowest BCUT2D eigenvalue weighted by molar-refractivity contribution is 0.0105. The maximum atomic E-state index is 3.89. The van der Waals surface area contributed by atoms with E-state index in [-0.39, 0.29) is 0 Å². The monoisotopic (exact) mass is 264 g/mol. The first-order chi connectivity index (χ1) is 9.17. The molecule has 1 N–H and O–H groups in total. The van der Waals surface area contributed by atoms with Crippen molar-refractivity contribution < 1.29 is 0 Å². The molecule has 3 fully saturated rings. The summed E-state index contributed by atoms with van der Waals surface area (Å²) in [5.74, 6) is 0.953. The van der Waals surface area contributed by atoms with Crippen molar-refractivity contribution in [2.75, 3.05) is 13.1 Å². The minimum absolute atomic E-state index is 0.361. The van der Waals surface area contributed by atoms with E-state index in [0.717, 1.165) is 18.0 Å². The van der Waals surface area contributed by atoms with Gasteiger partial charge in [0.2, 0.25) is 0 Å². The summed E-state index contributed by atoms with van der Waals surface area (Å²) in [4.78, 5) is 2.87. The smallest absolute Gasteiger partial charge is 0.0281 e. The molecule has 2 aliphatic carbocycles. The average Bonchev–Trinajstić information content (AvgIpc) is 2.93. The van der Waals surface area contributed by atoms with Crippen molar-refractivity contribution in [2.45, 2.75) is 89.3 Å². The third kappa shape index (κ3) is 3.00. The quantitative estimate of drug-likeness (QED) is 0.820. The van der Waals surface area contributed by atoms with Gasteiger partial charge in [-0.05, 0) is 45.4 Å². The van der Waals surface area contributed by atoms with Crippen molar-refractivity contribution in [3.63, 3.8) is 0 Å². The van der Waals surface area contributed by atoms with Crippen LogP contribution in [-0.2, 0) is 0 Å². The Labute approximate surface area is 119 Å². The lowest BCUT2D eigenvalue weighted by Gasteiger charge is -2.51. The van der Waals surface area contributed by atoms with E-state index in [1.54, 1.807) is 0 Å². The Bertz CT molecular complexity index is 288. The zero-order chi connectivity index (χ0) is 13.3. The van der Waals surface area contributed by atoms with Crippen LogP contribution in [0, 0.1) is 5.92 Å². The number of nitrogens with one attached hydrogen (secondary N) is 1. The third-order valence-corrected chi connectivity index (χ3v) is 5.95. The summed E-state index contributed by atoms with van der Waals surface area (Å²) in [6.45, 7) is 7.37. The van der Waals surface area contributed by atoms with E-state index in [1.807, 2.05) is 0 Å². The van der Waals surface area contributed by atoms with Gasteiger partial charge in [-0.1, -0.05) is 32.1 Å². The van der Waals surface area contributed by atoms with Gasteiger partial charge >= 0.3 is 0 Å². The van der Waals surface area contributed by atoms with Gasteiger partial charge in [-0.2, -0.15) is 0 Å². The van der Waals surface area contributed by atoms with Gasteiger partial charge < -0.3 is 5.32 Å². The second-order valence-electron chi connectivity index (χ2n) is 7.79. The molecule has 1 aliphatic heterocycles. The maximum Gasteiger partial charge on any atom is 0.0281 e. The van der Waals surface area contributed by atoms with Crippen LogP contribution in [0.25, 0.3) is 0 Å². The normalized spacial score (nSPS) is 34.7. The van der Waals surface area contributed by atoms with Gasteiger partial charge in [0.1, 0.15) is 0 Å². The van der Waals surface area contributed by atoms with Gasteiger partial charge in [0.15, 0.2) is 0 Å². The van der Waals surface area contributed by atoms with E-state index >= 15 is 0 Å². The van der Waals surface area contributed by atoms with Crippen LogP contribution in [0.4, 0.5) is 0 Å². The number of piperazine rings is 1. The van der Waals surface area contributed by atoms with E-state index in [0.29, 0.717) is 5.54 Å². The van der Waals surface area contributed by atoms with Crippen molar-refractivity contribution in [2.24, 2.45) is 5.92 Å². The topological polar surface area (TPSA) is 15.3 Å². The van der Waals surface area contributed by atoms with E-state index in [1.165, 1.54) is 70.9 Å². The van der Waals surface area contributed by atoms with Gasteiger partial charge in [-0.15, -0.1) is 0 Å². The van der Waals surface area contributed by atoms with E-state index < -0.39 is 0 Å². The molecule has 2 nitrogen and oxygen atoms in total. The molecular formula is C17H32N2. The highest BCUT2D eigenvalue weighted by molar-refractivity contribution is 4.99. The standard InChI is InChI=1S/C17H32N2/c1-17(2)13-18-16(14-8-4-3-5-9-14)12-19(17)15-10-6-7-11-15/h14-16,18H,3-13H2,1-2H3. The fraction of sp³-hybridized carbons (Fsp3) is 1.00. The van der Waals surface area contributed by atoms with E-state index in [9.17, 15) is 0 Å². The summed E-state index contributed by atoms with van der Waals surface area (Å²) >= 11 is 0. The Hall–Kier alpha value is -0.0800. The summed E-state index contributed by atoms with van der Waals surface area (Å²) in [7, 11) is 0. The van der Waals surface area contributed by atoms with Crippen LogP contribution in [0.15, 0.2) is 0 Å². The summed E-state index contributed by atoms with van der Waals surface area (Å²) in [6, 6.07) is 1.65. The first kappa shape index (κ1) is 13.9. The van der Waals surface area contributed by atoms with Gasteiger partial charge in [-0.3, -0.25) is 4.90 Å². The fourth-order valence-electron chi connectivity index (χ4n) is 4.72. The fourth-order valence-corrected chi connectivity index (χ4v) is 4.72. The lowest BCUT2D eigenvalue weighted by Crippen LogP contribution is -2.65. The molecule has 1 saturated heterocycles. The Morgan fingerprint density at radius 3 is 2.21 bits per heavy atom. The van der Waals surface area contributed by atoms with Gasteiger partial charge in [0.05, 0.1) is 0 Å². The number of rotatable bonds is 2. The number of hydrogen-bond donors (Lipinski definition) is 1. The first-order valence-corrected chi connectivity index (χ1v) is 8.67. The van der Waals surface area contributed by atoms with Gasteiger partial charge in [0.25, 0.3) is 0 Å². The van der Waals surface area contributed by atoms with Crippen molar-refractivity contribution in [1.29, 1.82) is 0 Å². The molecule has 0 amide bonds. The molecule has 0 spiro atoms. The highest BCUT2D eigenvalue weighted by Crippen LogP contribution is 2.34. The second-order valence-corrected chi connectivity index (χ2v) is 7.79. The van der Waals surface area contributed by atoms with E-state index in [4.69, 9.17) is 0 Å². The molecule has 110 valence electrons. The van der Waals surface area contributed by atoms with Gasteiger partial charge in [0, 0.05) is 30.7 Å². The number of hydrogen-bond acceptors (Lipinski definition) is 2. The SMILES string of the molecule is CC1(C)CNC(C2CCCCC2)CN1C1CCCC1. The average molecular weight is 264 g/mol. The molecule has 2 heteroatoms. The van der Waals surface area contributed by atoms with Crippen molar-refractivity contribution in [1.82, 2.24) is 10.2 Å². The molecule has 0 aromatic heterocycles. The Morgan fingerprint density at radius 2 is 1.53 bits per heavy atom. The highest BCUT2D eigenvalue weighted by Gasteiger charge is 2.40. The molecule has 1 heterocycles. The molecule has 2 saturated carbocycles. The van der Waals surface area contributed by atoms with Crippen LogP contribution in [0.2, 0.25) is 0 Å². The molecule has 1 atom stereocenters. The van der Waals surface area contributed by atoms with Crippen LogP contribution >= 0.6 is 0 Å². The zero-order valence-corrected chi connectivity index (χ0v) is 13.0. The van der Waals surface area contributed by atoms with Gasteiger partial charge in [-0.25, -0.2) is 0 Å². The summed E-state index contributed by atoms with van der Waals surface area (Å²) in [6.07, 6.45) is 13.2. The zero-order valence-electron chi connectivity index (χ0n) is 13.0. The van der Waals surface area contributed by atoms with E-state index in [2.05, 4.69) is 24.1 Å². The van der Waals surface area contributed by atoms with Crippen LogP contribution in [-0.4, -0.2) is 35.6 Å². The predicted molar refractivity (Wildman–Crippen MR) is 81.4 cm³/mol. The molecule has 19 heavy (non-hydrogen) atoms. The van der Waals surface area contributed by atoms with Crippen LogP contribution < -0.4 is 5.32 Å². The first-order valence-electron chi connectivity index (χ1n) is 8.67. The molecule has 0 aromatic rings. The Kier molecular flexibility index (Phi) is 4.19. The predicted octanol–water partition coefficient (Wildman–Crippen LogP) is 3.56. The minimum atomic E-state index is 0.361. The van der Waals surface area contributed by atoms with Crippen LogP contribution in [0.5, 0.6) is 0 Å². The molecule has 1 unspecified atom stereocenters. The van der Waals surface area contributed by atoms with Crippen molar-refractivity contribution in [3.05, 3.63) is 0 Å². The molecule has 0 radical (unpaired) electrons. The van der Waals surface area contributed by atoms with Crippen molar-refractivity contribution >= 4 is 0 Å². The summed E-state index contributed by atoms with van der Waals surface area (Å²) in [5, 5.41) is 3.89. The Balaban J connectivity index is 1.66. The second kappa shape index (κ2) is 5.73. The molecule has 0 bridgehead atoms. The largest absolute Gasteiger partial charge is 0.311 e. The summed E-state index contributed by atoms with van der Waals surface area (Å²) in [5.41, 5.74) is 0.361. The third-order valence-electron chi connectivity index (χ3n) is 5.95. The molecule has 0 aromatic carbocycles. The maximum absolute atomic E-state index is 3.89.